The molecule has 5 heterocycles. The van der Waals surface area contributed by atoms with Crippen LogP contribution >= 0.6 is 11.3 Å². The van der Waals surface area contributed by atoms with Gasteiger partial charge < -0.3 is 14.5 Å². The molecule has 1 amide bonds. The lowest BCUT2D eigenvalue weighted by Gasteiger charge is -2.28. The van der Waals surface area contributed by atoms with Crippen molar-refractivity contribution in [3.8, 4) is 11.4 Å². The number of H-pyrrole nitrogens is 1. The number of benzene rings is 1. The lowest BCUT2D eigenvalue weighted by atomic mass is 10.1. The average Bonchev–Trinajstić information content (AvgIpc) is 3.68. The van der Waals surface area contributed by atoms with Crippen molar-refractivity contribution in [2.75, 3.05) is 44.3 Å². The number of thiophene rings is 1. The van der Waals surface area contributed by atoms with Crippen molar-refractivity contribution in [1.82, 2.24) is 25.1 Å². The molecule has 0 atom stereocenters. The van der Waals surface area contributed by atoms with Crippen LogP contribution in [0.1, 0.15) is 50.8 Å². The third kappa shape index (κ3) is 6.70. The number of allylic oxidation sites excluding steroid dienone is 2. The van der Waals surface area contributed by atoms with Gasteiger partial charge in [0.15, 0.2) is 17.4 Å². The molecule has 0 aliphatic carbocycles. The minimum absolute atomic E-state index is 0.100. The van der Waals surface area contributed by atoms with Gasteiger partial charge >= 0.3 is 0 Å². The number of aromatic amines is 1. The highest BCUT2D eigenvalue weighted by Crippen LogP contribution is 2.39. The van der Waals surface area contributed by atoms with Crippen molar-refractivity contribution in [1.29, 1.82) is 0 Å². The molecule has 1 aromatic carbocycles. The van der Waals surface area contributed by atoms with E-state index in [1.54, 1.807) is 17.4 Å². The van der Waals surface area contributed by atoms with E-state index >= 15 is 0 Å². The summed E-state index contributed by atoms with van der Waals surface area (Å²) >= 11 is 1.73. The van der Waals surface area contributed by atoms with Crippen LogP contribution in [0.25, 0.3) is 38.1 Å². The highest BCUT2D eigenvalue weighted by atomic mass is 32.1. The number of hydrogen-bond donors (Lipinski definition) is 1. The normalized spacial score (nSPS) is 16.1. The molecule has 1 fully saturated rings. The van der Waals surface area contributed by atoms with Crippen LogP contribution in [0, 0.1) is 5.92 Å². The maximum Gasteiger partial charge on any atom is 0.222 e. The van der Waals surface area contributed by atoms with Crippen LogP contribution in [0.5, 0.6) is 0 Å². The van der Waals surface area contributed by atoms with Crippen molar-refractivity contribution < 1.29 is 14.3 Å². The molecule has 0 saturated carbocycles. The summed E-state index contributed by atoms with van der Waals surface area (Å²) in [5.41, 5.74) is 4.08. The molecule has 9 nitrogen and oxygen atoms in total. The lowest BCUT2D eigenvalue weighted by molar-refractivity contribution is -0.130. The summed E-state index contributed by atoms with van der Waals surface area (Å²) in [6.07, 6.45) is 10.7. The molecule has 2 aliphatic heterocycles. The van der Waals surface area contributed by atoms with Gasteiger partial charge in [-0.1, -0.05) is 38.1 Å². The first-order chi connectivity index (χ1) is 21.0. The summed E-state index contributed by atoms with van der Waals surface area (Å²) in [7, 11) is 0. The van der Waals surface area contributed by atoms with Crippen LogP contribution < -0.4 is 4.90 Å². The number of nitrogens with zero attached hydrogens (tertiary/aromatic N) is 5. The smallest absolute Gasteiger partial charge is 0.222 e. The number of ketones is 1. The van der Waals surface area contributed by atoms with Gasteiger partial charge in [0.25, 0.3) is 0 Å². The molecule has 2 aliphatic rings. The predicted octanol–water partition coefficient (Wildman–Crippen LogP) is 6.03. The largest absolute Gasteiger partial charge is 0.378 e. The summed E-state index contributed by atoms with van der Waals surface area (Å²) in [4.78, 5) is 40.5. The second-order valence-corrected chi connectivity index (χ2v) is 12.7. The number of aromatic nitrogens is 4. The van der Waals surface area contributed by atoms with Crippen molar-refractivity contribution in [2.45, 2.75) is 46.0 Å². The Kier molecular flexibility index (Phi) is 8.95. The highest BCUT2D eigenvalue weighted by Gasteiger charge is 2.24. The summed E-state index contributed by atoms with van der Waals surface area (Å²) in [6, 6.07) is 8.22. The molecular weight excluding hydrogens is 560 g/mol. The molecule has 1 N–H and O–H groups in total. The van der Waals surface area contributed by atoms with Gasteiger partial charge in [-0.25, -0.2) is 9.97 Å². The number of hydrogen-bond acceptors (Lipinski definition) is 8. The van der Waals surface area contributed by atoms with E-state index in [0.717, 1.165) is 58.4 Å². The Labute approximate surface area is 255 Å². The van der Waals surface area contributed by atoms with Crippen LogP contribution in [0.3, 0.4) is 0 Å². The molecular formula is C33H38N6O3S. The first-order valence-corrected chi connectivity index (χ1v) is 16.0. The Balaban J connectivity index is 1.19. The van der Waals surface area contributed by atoms with Gasteiger partial charge in [-0.3, -0.25) is 14.7 Å². The fraction of sp³-hybridized carbons (Fsp3) is 0.424. The minimum Gasteiger partial charge on any atom is -0.378 e. The summed E-state index contributed by atoms with van der Waals surface area (Å²) < 4.78 is 6.70. The first-order valence-electron chi connectivity index (χ1n) is 15.2. The minimum atomic E-state index is 0.100. The number of fused-ring (bicyclic) bond motifs is 2. The van der Waals surface area contributed by atoms with Gasteiger partial charge in [0.2, 0.25) is 5.91 Å². The van der Waals surface area contributed by atoms with Crippen molar-refractivity contribution in [3.63, 3.8) is 0 Å². The fourth-order valence-electron chi connectivity index (χ4n) is 5.59. The Morgan fingerprint density at radius 1 is 1.14 bits per heavy atom. The number of carbonyl (C=O) groups excluding carboxylic acids is 2. The van der Waals surface area contributed by atoms with Crippen LogP contribution in [-0.4, -0.2) is 76.1 Å². The van der Waals surface area contributed by atoms with Gasteiger partial charge in [0, 0.05) is 54.8 Å². The van der Waals surface area contributed by atoms with E-state index < -0.39 is 0 Å². The zero-order valence-corrected chi connectivity index (χ0v) is 25.7. The Bertz CT molecular complexity index is 1680. The second-order valence-electron chi connectivity index (χ2n) is 11.6. The second kappa shape index (κ2) is 13.2. The Hall–Kier alpha value is -3.89. The fourth-order valence-corrected chi connectivity index (χ4v) is 6.77. The molecule has 0 unspecified atom stereocenters. The molecule has 1 saturated heterocycles. The quantitative estimate of drug-likeness (QED) is 0.222. The van der Waals surface area contributed by atoms with Gasteiger partial charge in [-0.2, -0.15) is 5.10 Å². The highest BCUT2D eigenvalue weighted by molar-refractivity contribution is 7.20. The molecule has 0 radical (unpaired) electrons. The monoisotopic (exact) mass is 598 g/mol. The van der Waals surface area contributed by atoms with E-state index in [2.05, 4.69) is 41.1 Å². The topological polar surface area (TPSA) is 104 Å². The van der Waals surface area contributed by atoms with E-state index in [1.807, 2.05) is 35.4 Å². The number of anilines is 1. The molecule has 4 aromatic rings. The maximum atomic E-state index is 12.9. The zero-order chi connectivity index (χ0) is 29.8. The van der Waals surface area contributed by atoms with Crippen molar-refractivity contribution in [2.24, 2.45) is 5.92 Å². The number of ether oxygens (including phenoxy) is 1. The van der Waals surface area contributed by atoms with Gasteiger partial charge in [0.1, 0.15) is 0 Å². The first kappa shape index (κ1) is 29.2. The third-order valence-electron chi connectivity index (χ3n) is 7.99. The SMILES string of the molecule is CC(C)C/C=C/C(=O)CCCC(=O)N1CC=C(c2cc3nc(-c4cccc5[nH]ncc45)nc(N4CCOCC4)c3s2)CC1. The number of carbonyl (C=O) groups is 2. The molecule has 224 valence electrons. The van der Waals surface area contributed by atoms with E-state index in [1.165, 1.54) is 10.5 Å². The molecule has 3 aromatic heterocycles. The molecule has 43 heavy (non-hydrogen) atoms. The van der Waals surface area contributed by atoms with Crippen LogP contribution in [0.15, 0.2) is 48.7 Å². The average molecular weight is 599 g/mol. The molecule has 0 bridgehead atoms. The van der Waals surface area contributed by atoms with Gasteiger partial charge in [0.05, 0.1) is 35.1 Å². The van der Waals surface area contributed by atoms with Crippen LogP contribution in [0.4, 0.5) is 5.82 Å². The zero-order valence-electron chi connectivity index (χ0n) is 24.8. The summed E-state index contributed by atoms with van der Waals surface area (Å²) in [5.74, 6) is 2.39. The Morgan fingerprint density at radius 2 is 2.00 bits per heavy atom. The van der Waals surface area contributed by atoms with E-state index in [-0.39, 0.29) is 11.7 Å². The summed E-state index contributed by atoms with van der Waals surface area (Å²) in [6.45, 7) is 8.44. The van der Waals surface area contributed by atoms with Gasteiger partial charge in [-0.05, 0) is 49.0 Å². The number of morpholine rings is 1. The number of nitrogens with one attached hydrogen (secondary N) is 1. The van der Waals surface area contributed by atoms with Crippen LogP contribution in [-0.2, 0) is 14.3 Å². The Morgan fingerprint density at radius 3 is 2.79 bits per heavy atom. The van der Waals surface area contributed by atoms with Gasteiger partial charge in [-0.15, -0.1) is 11.3 Å². The number of rotatable bonds is 10. The van der Waals surface area contributed by atoms with Crippen molar-refractivity contribution in [3.05, 3.63) is 53.6 Å². The third-order valence-corrected chi connectivity index (χ3v) is 9.19. The van der Waals surface area contributed by atoms with E-state index in [0.29, 0.717) is 57.3 Å². The van der Waals surface area contributed by atoms with Crippen molar-refractivity contribution >= 4 is 55.5 Å². The van der Waals surface area contributed by atoms with E-state index in [9.17, 15) is 9.59 Å². The summed E-state index contributed by atoms with van der Waals surface area (Å²) in [5, 5.41) is 8.27. The van der Waals surface area contributed by atoms with Crippen LogP contribution in [0.2, 0.25) is 0 Å². The molecule has 6 rings (SSSR count). The predicted molar refractivity (Wildman–Crippen MR) is 172 cm³/mol. The standard InChI is InChI=1S/C33H38N6O3S/c1-22(2)6-3-7-24(40)8-4-11-30(41)38-14-12-23(13-15-38)29-20-28-31(43-29)33(39-16-18-42-19-17-39)36-32(35-28)25-9-5-10-27-26(25)21-34-37-27/h3,5,7,9-10,12,20-22H,4,6,8,11,13-19H2,1-2H3,(H,34,37)/b7-3+. The lowest BCUT2D eigenvalue weighted by Crippen LogP contribution is -2.36. The molecule has 0 spiro atoms. The molecule has 10 heteroatoms. The van der Waals surface area contributed by atoms with E-state index in [4.69, 9.17) is 14.7 Å². The number of amides is 1. The maximum absolute atomic E-state index is 12.9.